The number of nitrogens with zero attached hydrogens (tertiary/aromatic N) is 1. The highest BCUT2D eigenvalue weighted by molar-refractivity contribution is 6.91. The van der Waals surface area contributed by atoms with Crippen LogP contribution in [0.5, 0.6) is 5.75 Å². The Morgan fingerprint density at radius 1 is 0.977 bits per heavy atom. The Hall–Kier alpha value is -3.99. The zero-order chi connectivity index (χ0) is 31.8. The summed E-state index contributed by atoms with van der Waals surface area (Å²) in [6, 6.07) is 21.1. The molecule has 0 saturated carbocycles. The van der Waals surface area contributed by atoms with Crippen LogP contribution in [0.25, 0.3) is 0 Å². The van der Waals surface area contributed by atoms with E-state index in [0.717, 1.165) is 22.6 Å². The van der Waals surface area contributed by atoms with Gasteiger partial charge in [0.15, 0.2) is 5.60 Å². The second-order valence-electron chi connectivity index (χ2n) is 12.4. The summed E-state index contributed by atoms with van der Waals surface area (Å²) in [5.74, 6) is 0.0381. The molecule has 1 saturated heterocycles. The molecule has 0 aliphatic carbocycles. The molecule has 0 unspecified atom stereocenters. The fourth-order valence-electron chi connectivity index (χ4n) is 7.23. The zero-order valence-corrected chi connectivity index (χ0v) is 27.1. The van der Waals surface area contributed by atoms with E-state index in [9.17, 15) is 19.5 Å². The van der Waals surface area contributed by atoms with Gasteiger partial charge in [0.1, 0.15) is 5.75 Å². The Bertz CT molecular complexity index is 1560. The second-order valence-corrected chi connectivity index (χ2v) is 17.0. The third kappa shape index (κ3) is 5.53. The highest BCUT2D eigenvalue weighted by Crippen LogP contribution is 2.60. The summed E-state index contributed by atoms with van der Waals surface area (Å²) in [5, 5.41) is 17.0. The molecule has 3 N–H and O–H groups in total. The van der Waals surface area contributed by atoms with Crippen molar-refractivity contribution >= 4 is 48.0 Å². The number of benzene rings is 3. The third-order valence-electron chi connectivity index (χ3n) is 9.18. The van der Waals surface area contributed by atoms with E-state index in [1.807, 2.05) is 48.5 Å². The minimum atomic E-state index is -2.31. The third-order valence-corrected chi connectivity index (χ3v) is 13.5. The van der Waals surface area contributed by atoms with Gasteiger partial charge in [-0.2, -0.15) is 0 Å². The van der Waals surface area contributed by atoms with E-state index < -0.39 is 13.7 Å². The summed E-state index contributed by atoms with van der Waals surface area (Å²) >= 11 is 0. The first kappa shape index (κ1) is 31.4. The molecule has 1 fully saturated rings. The number of aliphatic hydroxyl groups excluding tert-OH is 1. The highest BCUT2D eigenvalue weighted by Gasteiger charge is 2.66. The topological polar surface area (TPSA) is 117 Å². The first-order valence-electron chi connectivity index (χ1n) is 15.0. The number of ether oxygens (including phenoxy) is 2. The lowest BCUT2D eigenvalue weighted by atomic mass is 9.82. The van der Waals surface area contributed by atoms with Crippen LogP contribution in [0.3, 0.4) is 0 Å². The fourth-order valence-corrected chi connectivity index (χ4v) is 11.3. The molecule has 232 valence electrons. The Morgan fingerprint density at radius 2 is 1.59 bits per heavy atom. The molecule has 4 atom stereocenters. The zero-order valence-electron chi connectivity index (χ0n) is 26.1. The van der Waals surface area contributed by atoms with Gasteiger partial charge in [-0.05, 0) is 60.0 Å². The van der Waals surface area contributed by atoms with Crippen molar-refractivity contribution in [1.82, 2.24) is 0 Å². The Morgan fingerprint density at radius 3 is 2.18 bits per heavy atom. The number of carbonyl (C=O) groups excluding carboxylic acids is 3. The Balaban J connectivity index is 1.59. The van der Waals surface area contributed by atoms with Crippen molar-refractivity contribution in [2.24, 2.45) is 5.92 Å². The highest BCUT2D eigenvalue weighted by atomic mass is 28.3. The molecule has 3 aromatic rings. The number of rotatable bonds is 9. The number of aliphatic hydroxyl groups is 1. The molecule has 3 amide bonds. The molecule has 44 heavy (non-hydrogen) atoms. The van der Waals surface area contributed by atoms with Gasteiger partial charge in [0.05, 0.1) is 33.5 Å². The predicted molar refractivity (Wildman–Crippen MR) is 174 cm³/mol. The first-order valence-corrected chi connectivity index (χ1v) is 18.0. The van der Waals surface area contributed by atoms with E-state index in [1.165, 1.54) is 19.0 Å². The molecule has 2 aliphatic heterocycles. The van der Waals surface area contributed by atoms with Crippen LogP contribution in [0.4, 0.5) is 17.1 Å². The lowest BCUT2D eigenvalue weighted by molar-refractivity contribution is -0.146. The summed E-state index contributed by atoms with van der Waals surface area (Å²) in [4.78, 5) is 40.0. The van der Waals surface area contributed by atoms with Gasteiger partial charge in [-0.15, -0.1) is 0 Å². The van der Waals surface area contributed by atoms with Gasteiger partial charge in [0.2, 0.25) is 11.8 Å². The number of amides is 3. The van der Waals surface area contributed by atoms with Crippen LogP contribution < -0.4 is 25.5 Å². The predicted octanol–water partition coefficient (Wildman–Crippen LogP) is 4.76. The Kier molecular flexibility index (Phi) is 8.70. The van der Waals surface area contributed by atoms with E-state index in [1.54, 1.807) is 18.1 Å². The molecule has 0 aromatic heterocycles. The van der Waals surface area contributed by atoms with Gasteiger partial charge in [-0.3, -0.25) is 14.4 Å². The smallest absolute Gasteiger partial charge is 0.264 e. The van der Waals surface area contributed by atoms with Crippen LogP contribution in [-0.4, -0.2) is 50.7 Å². The number of hydrogen-bond donors (Lipinski definition) is 3. The molecule has 2 aliphatic rings. The van der Waals surface area contributed by atoms with Gasteiger partial charge in [-0.25, -0.2) is 0 Å². The number of anilines is 3. The number of methoxy groups -OCH3 is 1. The van der Waals surface area contributed by atoms with Crippen LogP contribution in [0.1, 0.15) is 38.3 Å². The van der Waals surface area contributed by atoms with Crippen molar-refractivity contribution in [3.63, 3.8) is 0 Å². The largest absolute Gasteiger partial charge is 0.497 e. The molecule has 3 aromatic carbocycles. The number of hydrogen-bond acceptors (Lipinski definition) is 6. The standard InChI is InChI=1S/C34H41N3O6Si/c1-21-32(44(5,6)28-14-12-27(42-4)13-15-28)31(17-18-38)43-34(21)29-19-26(36-23(3)40)11-16-30(29)37(33(34)41)20-24-7-9-25(10-8-24)35-22(2)39/h7-16,19,21,31-32,38H,17-18,20H2,1-6H3,(H,35,39)(H,36,40)/t21-,31+,32-,34+/m1/s1. The lowest BCUT2D eigenvalue weighted by Gasteiger charge is -2.37. The van der Waals surface area contributed by atoms with E-state index in [4.69, 9.17) is 9.47 Å². The normalized spacial score (nSPS) is 22.7. The minimum absolute atomic E-state index is 0.00107. The monoisotopic (exact) mass is 615 g/mol. The summed E-state index contributed by atoms with van der Waals surface area (Å²) in [6.45, 7) is 9.85. The molecule has 9 nitrogen and oxygen atoms in total. The molecule has 2 heterocycles. The number of nitrogens with one attached hydrogen (secondary N) is 2. The first-order chi connectivity index (χ1) is 20.9. The summed E-state index contributed by atoms with van der Waals surface area (Å²) < 4.78 is 12.4. The van der Waals surface area contributed by atoms with E-state index in [2.05, 4.69) is 42.8 Å². The molecular formula is C34H41N3O6Si. The minimum Gasteiger partial charge on any atom is -0.497 e. The average Bonchev–Trinajstić information content (AvgIpc) is 3.40. The maximum Gasteiger partial charge on any atom is 0.264 e. The average molecular weight is 616 g/mol. The molecular weight excluding hydrogens is 574 g/mol. The Labute approximate surface area is 259 Å². The SMILES string of the molecule is COc1ccc([Si](C)(C)[C@H]2[C@H](CCO)O[C@@]3(C(=O)N(Cc4ccc(NC(C)=O)cc4)c4ccc(NC(C)=O)cc43)[C@@H]2C)cc1. The van der Waals surface area contributed by atoms with Crippen molar-refractivity contribution in [3.8, 4) is 5.75 Å². The molecule has 10 heteroatoms. The van der Waals surface area contributed by atoms with Gasteiger partial charge in [0, 0.05) is 43.3 Å². The van der Waals surface area contributed by atoms with Gasteiger partial charge >= 0.3 is 0 Å². The van der Waals surface area contributed by atoms with Crippen molar-refractivity contribution < 1.29 is 29.0 Å². The van der Waals surface area contributed by atoms with Crippen LogP contribution >= 0.6 is 0 Å². The van der Waals surface area contributed by atoms with Gasteiger partial charge in [0.25, 0.3) is 5.91 Å². The van der Waals surface area contributed by atoms with Gasteiger partial charge < -0.3 is 30.1 Å². The summed E-state index contributed by atoms with van der Waals surface area (Å²) in [5.41, 5.74) is 2.33. The van der Waals surface area contributed by atoms with Crippen LogP contribution in [0.15, 0.2) is 66.7 Å². The van der Waals surface area contributed by atoms with Crippen molar-refractivity contribution in [2.45, 2.75) is 64.1 Å². The van der Waals surface area contributed by atoms with Crippen molar-refractivity contribution in [2.75, 3.05) is 29.3 Å². The fraction of sp³-hybridized carbons (Fsp3) is 0.382. The quantitative estimate of drug-likeness (QED) is 0.299. The lowest BCUT2D eigenvalue weighted by Crippen LogP contribution is -2.51. The molecule has 1 spiro atoms. The van der Waals surface area contributed by atoms with E-state index >= 15 is 0 Å². The summed E-state index contributed by atoms with van der Waals surface area (Å²) in [6.07, 6.45) is 0.0546. The summed E-state index contributed by atoms with van der Waals surface area (Å²) in [7, 11) is -0.666. The van der Waals surface area contributed by atoms with Crippen molar-refractivity contribution in [1.29, 1.82) is 0 Å². The number of fused-ring (bicyclic) bond motifs is 2. The number of carbonyl (C=O) groups is 3. The van der Waals surface area contributed by atoms with E-state index in [0.29, 0.717) is 24.3 Å². The van der Waals surface area contributed by atoms with Crippen LogP contribution in [0.2, 0.25) is 18.6 Å². The van der Waals surface area contributed by atoms with Crippen LogP contribution in [-0.2, 0) is 31.3 Å². The van der Waals surface area contributed by atoms with Crippen LogP contribution in [0, 0.1) is 5.92 Å². The molecule has 0 bridgehead atoms. The van der Waals surface area contributed by atoms with Gasteiger partial charge in [-0.1, -0.05) is 49.5 Å². The van der Waals surface area contributed by atoms with Crippen molar-refractivity contribution in [3.05, 3.63) is 77.9 Å². The van der Waals surface area contributed by atoms with E-state index in [-0.39, 0.29) is 41.9 Å². The second kappa shape index (κ2) is 12.2. The molecule has 0 radical (unpaired) electrons. The maximum atomic E-state index is 14.8. The molecule has 5 rings (SSSR count). The maximum absolute atomic E-state index is 14.8.